The molecule has 0 bridgehead atoms. The van der Waals surface area contributed by atoms with Gasteiger partial charge in [-0.1, -0.05) is 23.7 Å². The van der Waals surface area contributed by atoms with Gasteiger partial charge in [-0.25, -0.2) is 8.42 Å². The second-order valence-corrected chi connectivity index (χ2v) is 7.81. The van der Waals surface area contributed by atoms with Crippen LogP contribution in [0.4, 0.5) is 5.69 Å². The van der Waals surface area contributed by atoms with Crippen molar-refractivity contribution in [3.05, 3.63) is 47.5 Å². The van der Waals surface area contributed by atoms with Crippen molar-refractivity contribution in [3.8, 4) is 11.5 Å². The highest BCUT2D eigenvalue weighted by molar-refractivity contribution is 7.92. The van der Waals surface area contributed by atoms with Gasteiger partial charge in [0.05, 0.1) is 17.8 Å². The predicted octanol–water partition coefficient (Wildman–Crippen LogP) is 3.40. The highest BCUT2D eigenvalue weighted by Crippen LogP contribution is 2.30. The molecule has 0 saturated heterocycles. The Balaban J connectivity index is 2.13. The smallest absolute Gasteiger partial charge is 0.265 e. The molecule has 0 aliphatic heterocycles. The summed E-state index contributed by atoms with van der Waals surface area (Å²) >= 11 is 6.18. The van der Waals surface area contributed by atoms with Crippen LogP contribution in [-0.4, -0.2) is 46.0 Å². The average molecular weight is 427 g/mol. The molecule has 1 amide bonds. The van der Waals surface area contributed by atoms with Gasteiger partial charge in [-0.3, -0.25) is 9.52 Å². The minimum absolute atomic E-state index is 0.0127. The van der Waals surface area contributed by atoms with Crippen molar-refractivity contribution in [1.82, 2.24) is 4.90 Å². The molecule has 0 heterocycles. The first-order valence-electron chi connectivity index (χ1n) is 8.68. The number of nitrogens with one attached hydrogen (secondary N) is 1. The zero-order chi connectivity index (χ0) is 20.7. The van der Waals surface area contributed by atoms with E-state index in [4.69, 9.17) is 21.1 Å². The number of amides is 1. The predicted molar refractivity (Wildman–Crippen MR) is 109 cm³/mol. The number of hydrogen-bond acceptors (Lipinski definition) is 5. The lowest BCUT2D eigenvalue weighted by atomic mass is 10.3. The molecule has 2 aromatic rings. The van der Waals surface area contributed by atoms with Gasteiger partial charge >= 0.3 is 0 Å². The molecule has 2 rings (SSSR count). The molecule has 152 valence electrons. The average Bonchev–Trinajstić information content (AvgIpc) is 2.68. The Labute approximate surface area is 170 Å². The van der Waals surface area contributed by atoms with E-state index in [1.165, 1.54) is 31.4 Å². The molecule has 1 N–H and O–H groups in total. The van der Waals surface area contributed by atoms with Gasteiger partial charge in [0.2, 0.25) is 0 Å². The van der Waals surface area contributed by atoms with E-state index >= 15 is 0 Å². The molecule has 0 radical (unpaired) electrons. The fourth-order valence-electron chi connectivity index (χ4n) is 2.54. The molecular weight excluding hydrogens is 404 g/mol. The van der Waals surface area contributed by atoms with E-state index in [0.29, 0.717) is 18.8 Å². The highest BCUT2D eigenvalue weighted by atomic mass is 35.5. The van der Waals surface area contributed by atoms with Crippen molar-refractivity contribution in [2.45, 2.75) is 18.7 Å². The van der Waals surface area contributed by atoms with E-state index in [1.807, 2.05) is 13.8 Å². The molecule has 0 aromatic heterocycles. The molecule has 0 atom stereocenters. The summed E-state index contributed by atoms with van der Waals surface area (Å²) in [6.07, 6.45) is 0. The fourth-order valence-corrected chi connectivity index (χ4v) is 4.00. The summed E-state index contributed by atoms with van der Waals surface area (Å²) in [4.78, 5) is 13.7. The van der Waals surface area contributed by atoms with E-state index in [2.05, 4.69) is 4.72 Å². The topological polar surface area (TPSA) is 84.9 Å². The van der Waals surface area contributed by atoms with Crippen molar-refractivity contribution >= 4 is 33.2 Å². The van der Waals surface area contributed by atoms with Gasteiger partial charge in [0, 0.05) is 13.1 Å². The van der Waals surface area contributed by atoms with Crippen molar-refractivity contribution < 1.29 is 22.7 Å². The summed E-state index contributed by atoms with van der Waals surface area (Å²) in [6, 6.07) is 10.7. The van der Waals surface area contributed by atoms with Gasteiger partial charge in [0.1, 0.15) is 16.4 Å². The zero-order valence-electron chi connectivity index (χ0n) is 15.9. The number of sulfonamides is 1. The summed E-state index contributed by atoms with van der Waals surface area (Å²) in [5, 5.41) is 0.188. The second kappa shape index (κ2) is 9.66. The van der Waals surface area contributed by atoms with Crippen LogP contribution in [0.5, 0.6) is 11.5 Å². The number of nitrogens with zero attached hydrogens (tertiary/aromatic N) is 1. The van der Waals surface area contributed by atoms with Gasteiger partial charge in [-0.05, 0) is 44.2 Å². The quantitative estimate of drug-likeness (QED) is 0.664. The molecule has 0 aliphatic rings. The standard InChI is InChI=1S/C19H23ClN2O5S/c1-4-22(5-2)19(23)13-27-16-11-10-14(12-15(16)20)21-28(24,25)18-9-7-6-8-17(18)26-3/h6-12,21H,4-5,13H2,1-3H3. The largest absolute Gasteiger partial charge is 0.495 e. The van der Waals surface area contributed by atoms with Gasteiger partial charge in [0.25, 0.3) is 15.9 Å². The van der Waals surface area contributed by atoms with E-state index in [9.17, 15) is 13.2 Å². The number of rotatable bonds is 9. The molecule has 2 aromatic carbocycles. The molecule has 0 aliphatic carbocycles. The minimum atomic E-state index is -3.86. The highest BCUT2D eigenvalue weighted by Gasteiger charge is 2.20. The Morgan fingerprint density at radius 2 is 1.79 bits per heavy atom. The maximum Gasteiger partial charge on any atom is 0.265 e. The number of methoxy groups -OCH3 is 1. The number of benzene rings is 2. The van der Waals surface area contributed by atoms with E-state index in [-0.39, 0.29) is 33.9 Å². The summed E-state index contributed by atoms with van der Waals surface area (Å²) in [6.45, 7) is 4.81. The molecule has 7 nitrogen and oxygen atoms in total. The molecular formula is C19H23ClN2O5S. The van der Waals surface area contributed by atoms with Crippen molar-refractivity contribution in [1.29, 1.82) is 0 Å². The van der Waals surface area contributed by atoms with Crippen molar-refractivity contribution in [3.63, 3.8) is 0 Å². The lowest BCUT2D eigenvalue weighted by molar-refractivity contribution is -0.132. The maximum absolute atomic E-state index is 12.6. The number of halogens is 1. The Kier molecular flexibility index (Phi) is 7.53. The second-order valence-electron chi connectivity index (χ2n) is 5.76. The third-order valence-corrected chi connectivity index (χ3v) is 5.73. The van der Waals surface area contributed by atoms with Gasteiger partial charge in [0.15, 0.2) is 6.61 Å². The normalized spacial score (nSPS) is 11.0. The number of likely N-dealkylation sites (N-methyl/N-ethyl adjacent to an activating group) is 1. The molecule has 0 spiro atoms. The number of para-hydroxylation sites is 1. The van der Waals surface area contributed by atoms with Crippen LogP contribution in [0.2, 0.25) is 5.02 Å². The monoisotopic (exact) mass is 426 g/mol. The first-order valence-corrected chi connectivity index (χ1v) is 10.5. The molecule has 0 saturated carbocycles. The van der Waals surface area contributed by atoms with Gasteiger partial charge in [-0.15, -0.1) is 0 Å². The first-order chi connectivity index (χ1) is 13.3. The number of carbonyl (C=O) groups is 1. The Bertz CT molecular complexity index is 930. The Morgan fingerprint density at radius 3 is 2.39 bits per heavy atom. The molecule has 28 heavy (non-hydrogen) atoms. The minimum Gasteiger partial charge on any atom is -0.495 e. The van der Waals surface area contributed by atoms with Crippen LogP contribution < -0.4 is 14.2 Å². The SMILES string of the molecule is CCN(CC)C(=O)COc1ccc(NS(=O)(=O)c2ccccc2OC)cc1Cl. The lowest BCUT2D eigenvalue weighted by Gasteiger charge is -2.19. The summed E-state index contributed by atoms with van der Waals surface area (Å²) < 4.78 is 38.3. The van der Waals surface area contributed by atoms with E-state index in [1.54, 1.807) is 23.1 Å². The summed E-state index contributed by atoms with van der Waals surface area (Å²) in [5.74, 6) is 0.375. The first kappa shape index (κ1) is 21.8. The van der Waals surface area contributed by atoms with Gasteiger partial charge < -0.3 is 14.4 Å². The third kappa shape index (κ3) is 5.30. The lowest BCUT2D eigenvalue weighted by Crippen LogP contribution is -2.34. The van der Waals surface area contributed by atoms with E-state index < -0.39 is 10.0 Å². The summed E-state index contributed by atoms with van der Waals surface area (Å²) in [5.41, 5.74) is 0.262. The summed E-state index contributed by atoms with van der Waals surface area (Å²) in [7, 11) is -2.47. The van der Waals surface area contributed by atoms with Crippen LogP contribution in [0.25, 0.3) is 0 Å². The molecule has 0 fully saturated rings. The Morgan fingerprint density at radius 1 is 1.11 bits per heavy atom. The number of ether oxygens (including phenoxy) is 2. The van der Waals surface area contributed by atoms with Crippen molar-refractivity contribution in [2.75, 3.05) is 31.5 Å². The van der Waals surface area contributed by atoms with Gasteiger partial charge in [-0.2, -0.15) is 0 Å². The number of carbonyl (C=O) groups excluding carboxylic acids is 1. The molecule has 9 heteroatoms. The number of anilines is 1. The fraction of sp³-hybridized carbons (Fsp3) is 0.316. The van der Waals surface area contributed by atoms with Crippen LogP contribution >= 0.6 is 11.6 Å². The van der Waals surface area contributed by atoms with Crippen LogP contribution in [0.3, 0.4) is 0 Å². The van der Waals surface area contributed by atoms with Crippen LogP contribution in [0.1, 0.15) is 13.8 Å². The maximum atomic E-state index is 12.6. The van der Waals surface area contributed by atoms with Crippen molar-refractivity contribution in [2.24, 2.45) is 0 Å². The van der Waals surface area contributed by atoms with Crippen LogP contribution in [0.15, 0.2) is 47.4 Å². The number of hydrogen-bond donors (Lipinski definition) is 1. The van der Waals surface area contributed by atoms with Crippen LogP contribution in [0, 0.1) is 0 Å². The third-order valence-electron chi connectivity index (χ3n) is 4.01. The van der Waals surface area contributed by atoms with Crippen LogP contribution in [-0.2, 0) is 14.8 Å². The Hall–Kier alpha value is -2.45. The zero-order valence-corrected chi connectivity index (χ0v) is 17.5. The molecule has 0 unspecified atom stereocenters. The van der Waals surface area contributed by atoms with E-state index in [0.717, 1.165) is 0 Å².